The van der Waals surface area contributed by atoms with Crippen LogP contribution in [0.5, 0.6) is 5.75 Å². The highest BCUT2D eigenvalue weighted by atomic mass is 35.5. The normalized spacial score (nSPS) is 21.5. The molecule has 2 atom stereocenters. The van der Waals surface area contributed by atoms with Crippen molar-refractivity contribution in [3.63, 3.8) is 0 Å². The highest BCUT2D eigenvalue weighted by molar-refractivity contribution is 6.30. The predicted molar refractivity (Wildman–Crippen MR) is 117 cm³/mol. The van der Waals surface area contributed by atoms with E-state index in [1.165, 1.54) is 32.1 Å². The lowest BCUT2D eigenvalue weighted by atomic mass is 9.85. The van der Waals surface area contributed by atoms with Crippen molar-refractivity contribution in [2.24, 2.45) is 5.92 Å². The number of hydrogen-bond donors (Lipinski definition) is 2. The van der Waals surface area contributed by atoms with Crippen LogP contribution >= 0.6 is 11.6 Å². The lowest BCUT2D eigenvalue weighted by Crippen LogP contribution is -2.51. The van der Waals surface area contributed by atoms with Crippen molar-refractivity contribution in [3.05, 3.63) is 58.6 Å². The first-order chi connectivity index (χ1) is 14.9. The molecule has 2 N–H and O–H groups in total. The first-order valence-electron chi connectivity index (χ1n) is 10.5. The van der Waals surface area contributed by atoms with Crippen molar-refractivity contribution < 1.29 is 18.3 Å². The standard InChI is InChI=1S/C23H26ClF2N3O2/c1-31-17-10-19(25)22(20(26)11-17)18-13-29(12-14-2-3-14)9-8-21(18)28-23(30)27-16-6-4-15(24)5-7-16/h4-7,10-11,14,18,21H,2-3,8-9,12-13H2,1H3,(H2,27,28,30). The van der Waals surface area contributed by atoms with Crippen LogP contribution < -0.4 is 15.4 Å². The molecule has 2 unspecified atom stereocenters. The number of rotatable bonds is 6. The van der Waals surface area contributed by atoms with Gasteiger partial charge in [-0.3, -0.25) is 0 Å². The van der Waals surface area contributed by atoms with Gasteiger partial charge in [0.1, 0.15) is 17.4 Å². The quantitative estimate of drug-likeness (QED) is 0.651. The van der Waals surface area contributed by atoms with Gasteiger partial charge in [-0.25, -0.2) is 13.6 Å². The van der Waals surface area contributed by atoms with Crippen molar-refractivity contribution >= 4 is 23.3 Å². The van der Waals surface area contributed by atoms with Gasteiger partial charge in [0.15, 0.2) is 0 Å². The molecular weight excluding hydrogens is 424 g/mol. The average molecular weight is 450 g/mol. The zero-order chi connectivity index (χ0) is 22.0. The molecule has 0 spiro atoms. The van der Waals surface area contributed by atoms with Gasteiger partial charge in [0, 0.05) is 60.0 Å². The summed E-state index contributed by atoms with van der Waals surface area (Å²) in [7, 11) is 1.37. The monoisotopic (exact) mass is 449 g/mol. The third kappa shape index (κ3) is 5.46. The molecule has 166 valence electrons. The van der Waals surface area contributed by atoms with E-state index in [0.29, 0.717) is 29.6 Å². The molecular formula is C23H26ClF2N3O2. The second-order valence-electron chi connectivity index (χ2n) is 8.31. The van der Waals surface area contributed by atoms with Gasteiger partial charge in [-0.15, -0.1) is 0 Å². The Hall–Kier alpha value is -2.38. The molecule has 5 nitrogen and oxygen atoms in total. The number of urea groups is 1. The molecule has 2 aliphatic rings. The Bertz CT molecular complexity index is 914. The zero-order valence-electron chi connectivity index (χ0n) is 17.3. The number of benzene rings is 2. The summed E-state index contributed by atoms with van der Waals surface area (Å²) in [5.41, 5.74) is 0.588. The van der Waals surface area contributed by atoms with Crippen molar-refractivity contribution in [2.45, 2.75) is 31.2 Å². The van der Waals surface area contributed by atoms with Crippen molar-refractivity contribution in [1.29, 1.82) is 0 Å². The summed E-state index contributed by atoms with van der Waals surface area (Å²) in [6.07, 6.45) is 3.02. The second kappa shape index (κ2) is 9.40. The number of likely N-dealkylation sites (tertiary alicyclic amines) is 1. The van der Waals surface area contributed by atoms with E-state index in [1.54, 1.807) is 24.3 Å². The topological polar surface area (TPSA) is 53.6 Å². The number of hydrogen-bond acceptors (Lipinski definition) is 3. The van der Waals surface area contributed by atoms with Gasteiger partial charge in [0.25, 0.3) is 0 Å². The van der Waals surface area contributed by atoms with E-state index in [4.69, 9.17) is 16.3 Å². The first-order valence-corrected chi connectivity index (χ1v) is 10.9. The van der Waals surface area contributed by atoms with Gasteiger partial charge in [-0.2, -0.15) is 0 Å². The van der Waals surface area contributed by atoms with Crippen LogP contribution in [0.25, 0.3) is 0 Å². The third-order valence-electron chi connectivity index (χ3n) is 5.99. The van der Waals surface area contributed by atoms with Gasteiger partial charge < -0.3 is 20.3 Å². The predicted octanol–water partition coefficient (Wildman–Crippen LogP) is 5.02. The Morgan fingerprint density at radius 2 is 1.84 bits per heavy atom. The van der Waals surface area contributed by atoms with E-state index in [1.807, 2.05) is 0 Å². The maximum Gasteiger partial charge on any atom is 0.319 e. The number of piperidine rings is 1. The number of nitrogens with zero attached hydrogens (tertiary/aromatic N) is 1. The van der Waals surface area contributed by atoms with Gasteiger partial charge in [-0.05, 0) is 49.4 Å². The maximum atomic E-state index is 14.9. The molecule has 0 bridgehead atoms. The molecule has 2 fully saturated rings. The summed E-state index contributed by atoms with van der Waals surface area (Å²) in [6.45, 7) is 2.19. The summed E-state index contributed by atoms with van der Waals surface area (Å²) in [5.74, 6) is -1.01. The minimum absolute atomic E-state index is 0.00177. The molecule has 4 rings (SSSR count). The van der Waals surface area contributed by atoms with Crippen LogP contribution in [0.3, 0.4) is 0 Å². The van der Waals surface area contributed by atoms with Gasteiger partial charge in [0.05, 0.1) is 7.11 Å². The Labute approximate surface area is 185 Å². The smallest absolute Gasteiger partial charge is 0.319 e. The van der Waals surface area contributed by atoms with E-state index in [-0.39, 0.29) is 11.3 Å². The Morgan fingerprint density at radius 3 is 2.45 bits per heavy atom. The molecule has 1 saturated heterocycles. The number of anilines is 1. The van der Waals surface area contributed by atoms with E-state index >= 15 is 0 Å². The number of carbonyl (C=O) groups is 1. The van der Waals surface area contributed by atoms with Crippen LogP contribution in [0, 0.1) is 17.6 Å². The first kappa shape index (κ1) is 21.8. The lowest BCUT2D eigenvalue weighted by Gasteiger charge is -2.39. The molecule has 0 aromatic heterocycles. The van der Waals surface area contributed by atoms with Crippen molar-refractivity contribution in [3.8, 4) is 5.75 Å². The Balaban J connectivity index is 1.53. The fraction of sp³-hybridized carbons (Fsp3) is 0.435. The molecule has 2 aromatic carbocycles. The Kier molecular flexibility index (Phi) is 6.62. The van der Waals surface area contributed by atoms with Gasteiger partial charge >= 0.3 is 6.03 Å². The van der Waals surface area contributed by atoms with E-state index in [0.717, 1.165) is 13.1 Å². The molecule has 1 aliphatic heterocycles. The van der Waals surface area contributed by atoms with Crippen LogP contribution in [0.15, 0.2) is 36.4 Å². The van der Waals surface area contributed by atoms with Crippen molar-refractivity contribution in [2.75, 3.05) is 32.1 Å². The maximum absolute atomic E-state index is 14.9. The summed E-state index contributed by atoms with van der Waals surface area (Å²) in [5, 5.41) is 6.26. The molecule has 0 radical (unpaired) electrons. The number of amides is 2. The van der Waals surface area contributed by atoms with E-state index in [9.17, 15) is 13.6 Å². The highest BCUT2D eigenvalue weighted by Crippen LogP contribution is 2.36. The van der Waals surface area contributed by atoms with Crippen LogP contribution in [0.2, 0.25) is 5.02 Å². The molecule has 8 heteroatoms. The van der Waals surface area contributed by atoms with Crippen LogP contribution in [0.4, 0.5) is 19.3 Å². The molecule has 2 aromatic rings. The highest BCUT2D eigenvalue weighted by Gasteiger charge is 2.37. The summed E-state index contributed by atoms with van der Waals surface area (Å²) in [6, 6.07) is 8.33. The third-order valence-corrected chi connectivity index (χ3v) is 6.24. The molecule has 2 amide bonds. The number of nitrogens with one attached hydrogen (secondary N) is 2. The number of halogens is 3. The molecule has 31 heavy (non-hydrogen) atoms. The minimum Gasteiger partial charge on any atom is -0.497 e. The van der Waals surface area contributed by atoms with E-state index in [2.05, 4.69) is 15.5 Å². The fourth-order valence-corrected chi connectivity index (χ4v) is 4.34. The summed E-state index contributed by atoms with van der Waals surface area (Å²) < 4.78 is 34.8. The number of methoxy groups -OCH3 is 1. The molecule has 1 heterocycles. The van der Waals surface area contributed by atoms with Crippen LogP contribution in [0.1, 0.15) is 30.7 Å². The second-order valence-corrected chi connectivity index (χ2v) is 8.75. The summed E-state index contributed by atoms with van der Waals surface area (Å²) >= 11 is 5.88. The van der Waals surface area contributed by atoms with Gasteiger partial charge in [-0.1, -0.05) is 11.6 Å². The average Bonchev–Trinajstić information content (AvgIpc) is 3.55. The molecule has 1 aliphatic carbocycles. The van der Waals surface area contributed by atoms with Gasteiger partial charge in [0.2, 0.25) is 0 Å². The fourth-order valence-electron chi connectivity index (χ4n) is 4.22. The largest absolute Gasteiger partial charge is 0.497 e. The lowest BCUT2D eigenvalue weighted by molar-refractivity contribution is 0.165. The SMILES string of the molecule is COc1cc(F)c(C2CN(CC3CC3)CCC2NC(=O)Nc2ccc(Cl)cc2)c(F)c1. The Morgan fingerprint density at radius 1 is 1.16 bits per heavy atom. The molecule has 1 saturated carbocycles. The van der Waals surface area contributed by atoms with Crippen LogP contribution in [-0.2, 0) is 0 Å². The summed E-state index contributed by atoms with van der Waals surface area (Å²) in [4.78, 5) is 14.9. The zero-order valence-corrected chi connectivity index (χ0v) is 18.1. The number of ether oxygens (including phenoxy) is 1. The van der Waals surface area contributed by atoms with Crippen LogP contribution in [-0.4, -0.2) is 43.7 Å². The minimum atomic E-state index is -0.653. The van der Waals surface area contributed by atoms with Crippen molar-refractivity contribution in [1.82, 2.24) is 10.2 Å². The number of carbonyl (C=O) groups excluding carboxylic acids is 1. The van der Waals surface area contributed by atoms with E-state index < -0.39 is 29.6 Å².